The van der Waals surface area contributed by atoms with Crippen LogP contribution in [0.1, 0.15) is 44.2 Å². The molecule has 8 N–H and O–H groups in total. The smallest absolute Gasteiger partial charge is 0.326 e. The number of rotatable bonds is 16. The zero-order chi connectivity index (χ0) is 29.7. The number of aliphatic carboxylic acids is 1. The third-order valence-corrected chi connectivity index (χ3v) is 6.19. The van der Waals surface area contributed by atoms with Gasteiger partial charge >= 0.3 is 5.97 Å². The molecule has 0 radical (unpaired) electrons. The predicted molar refractivity (Wildman–Crippen MR) is 150 cm³/mol. The Labute approximate surface area is 234 Å². The number of carboxylic acid groups (broad SMARTS) is 1. The van der Waals surface area contributed by atoms with Gasteiger partial charge in [-0.1, -0.05) is 74.5 Å². The van der Waals surface area contributed by atoms with E-state index in [0.29, 0.717) is 0 Å². The van der Waals surface area contributed by atoms with Crippen LogP contribution in [-0.2, 0) is 36.8 Å². The summed E-state index contributed by atoms with van der Waals surface area (Å²) in [4.78, 5) is 62.4. The minimum atomic E-state index is -1.20. The largest absolute Gasteiger partial charge is 0.480 e. The molecule has 0 heterocycles. The number of nitrogens with two attached hydrogens (primary N) is 2. The van der Waals surface area contributed by atoms with Gasteiger partial charge in [0.15, 0.2) is 0 Å². The Kier molecular flexibility index (Phi) is 12.8. The van der Waals surface area contributed by atoms with Crippen LogP contribution in [0.5, 0.6) is 0 Å². The lowest BCUT2D eigenvalue weighted by Crippen LogP contribution is -2.58. The van der Waals surface area contributed by atoms with Crippen LogP contribution in [0.25, 0.3) is 0 Å². The normalized spacial score (nSPS) is 13.9. The highest BCUT2D eigenvalue weighted by Gasteiger charge is 2.31. The van der Waals surface area contributed by atoms with E-state index >= 15 is 0 Å². The molecule has 0 fully saturated rings. The molecule has 11 nitrogen and oxygen atoms in total. The monoisotopic (exact) mass is 553 g/mol. The van der Waals surface area contributed by atoms with Gasteiger partial charge in [-0.25, -0.2) is 4.79 Å². The van der Waals surface area contributed by atoms with Gasteiger partial charge in [0.2, 0.25) is 23.6 Å². The van der Waals surface area contributed by atoms with Gasteiger partial charge in [-0.05, 0) is 29.9 Å². The zero-order valence-corrected chi connectivity index (χ0v) is 22.8. The Morgan fingerprint density at radius 2 is 1.18 bits per heavy atom. The lowest BCUT2D eigenvalue weighted by atomic mass is 9.99. The summed E-state index contributed by atoms with van der Waals surface area (Å²) in [6.45, 7) is 3.73. The minimum Gasteiger partial charge on any atom is -0.480 e. The Morgan fingerprint density at radius 3 is 1.65 bits per heavy atom. The van der Waals surface area contributed by atoms with Gasteiger partial charge in [-0.2, -0.15) is 0 Å². The van der Waals surface area contributed by atoms with E-state index in [0.717, 1.165) is 11.1 Å². The van der Waals surface area contributed by atoms with Crippen LogP contribution in [0, 0.1) is 5.92 Å². The molecule has 0 saturated heterocycles. The number of carbonyl (C=O) groups excluding carboxylic acids is 4. The predicted octanol–water partition coefficient (Wildman–Crippen LogP) is 0.650. The lowest BCUT2D eigenvalue weighted by Gasteiger charge is -2.26. The maximum absolute atomic E-state index is 13.4. The van der Waals surface area contributed by atoms with Crippen LogP contribution in [0.2, 0.25) is 0 Å². The Balaban J connectivity index is 2.20. The third-order valence-electron chi connectivity index (χ3n) is 6.19. The molecular weight excluding hydrogens is 514 g/mol. The summed E-state index contributed by atoms with van der Waals surface area (Å²) < 4.78 is 0. The van der Waals surface area contributed by atoms with Crippen LogP contribution in [0.4, 0.5) is 0 Å². The molecule has 2 aromatic rings. The maximum atomic E-state index is 13.4. The number of carboxylic acids is 1. The van der Waals surface area contributed by atoms with E-state index < -0.39 is 53.8 Å². The quantitative estimate of drug-likeness (QED) is 0.176. The zero-order valence-electron chi connectivity index (χ0n) is 22.8. The van der Waals surface area contributed by atoms with E-state index in [2.05, 4.69) is 16.0 Å². The summed E-state index contributed by atoms with van der Waals surface area (Å²) in [6.07, 6.45) is 0.341. The summed E-state index contributed by atoms with van der Waals surface area (Å²) in [7, 11) is 0. The van der Waals surface area contributed by atoms with Crippen molar-refractivity contribution in [2.24, 2.45) is 17.4 Å². The second-order valence-corrected chi connectivity index (χ2v) is 10.1. The summed E-state index contributed by atoms with van der Waals surface area (Å²) in [5.41, 5.74) is 12.5. The molecule has 2 rings (SSSR count). The second kappa shape index (κ2) is 16.0. The van der Waals surface area contributed by atoms with Crippen LogP contribution >= 0.6 is 0 Å². The molecule has 11 heteroatoms. The first-order valence-electron chi connectivity index (χ1n) is 13.2. The Hall–Kier alpha value is -4.25. The SMILES string of the molecule is CC(C)CC(NC(=O)C(Cc1ccccc1)NC(=O)C(N)CCC(N)=O)C(=O)NC(Cc1ccccc1)C(=O)O. The van der Waals surface area contributed by atoms with Gasteiger partial charge in [0, 0.05) is 19.3 Å². The van der Waals surface area contributed by atoms with Gasteiger partial charge < -0.3 is 32.5 Å². The maximum Gasteiger partial charge on any atom is 0.326 e. The molecular formula is C29H39N5O6. The van der Waals surface area contributed by atoms with E-state index in [1.165, 1.54) is 0 Å². The summed E-state index contributed by atoms with van der Waals surface area (Å²) in [5, 5.41) is 17.6. The van der Waals surface area contributed by atoms with E-state index in [4.69, 9.17) is 11.5 Å². The standard InChI is InChI=1S/C29H39N5O6/c1-18(2)15-22(27(37)34-24(29(39)40)17-20-11-7-4-8-12-20)33-28(38)23(16-19-9-5-3-6-10-19)32-26(36)21(30)13-14-25(31)35/h3-12,18,21-24H,13-17,30H2,1-2H3,(H2,31,35)(H,32,36)(H,33,38)(H,34,37)(H,39,40). The fourth-order valence-corrected chi connectivity index (χ4v) is 4.06. The van der Waals surface area contributed by atoms with Crippen molar-refractivity contribution in [3.63, 3.8) is 0 Å². The van der Waals surface area contributed by atoms with E-state index in [-0.39, 0.29) is 38.0 Å². The van der Waals surface area contributed by atoms with Crippen molar-refractivity contribution in [2.45, 2.75) is 70.1 Å². The van der Waals surface area contributed by atoms with Gasteiger partial charge in [0.05, 0.1) is 6.04 Å². The highest BCUT2D eigenvalue weighted by Crippen LogP contribution is 2.10. The first-order chi connectivity index (χ1) is 19.0. The number of primary amides is 1. The van der Waals surface area contributed by atoms with Crippen molar-refractivity contribution in [3.05, 3.63) is 71.8 Å². The molecule has 0 aromatic heterocycles. The highest BCUT2D eigenvalue weighted by molar-refractivity contribution is 5.94. The number of benzene rings is 2. The lowest BCUT2D eigenvalue weighted by molar-refractivity contribution is -0.142. The average Bonchev–Trinajstić information content (AvgIpc) is 2.91. The van der Waals surface area contributed by atoms with Crippen LogP contribution in [0.3, 0.4) is 0 Å². The fraction of sp³-hybridized carbons (Fsp3) is 0.414. The van der Waals surface area contributed by atoms with Crippen LogP contribution < -0.4 is 27.4 Å². The van der Waals surface area contributed by atoms with E-state index in [9.17, 15) is 29.1 Å². The van der Waals surface area contributed by atoms with E-state index in [1.54, 1.807) is 54.6 Å². The number of hydrogen-bond acceptors (Lipinski definition) is 6. The van der Waals surface area contributed by atoms with Crippen molar-refractivity contribution in [1.29, 1.82) is 0 Å². The summed E-state index contributed by atoms with van der Waals surface area (Å²) in [6, 6.07) is 13.5. The number of amides is 4. The van der Waals surface area contributed by atoms with Crippen molar-refractivity contribution >= 4 is 29.6 Å². The fourth-order valence-electron chi connectivity index (χ4n) is 4.06. The van der Waals surface area contributed by atoms with Gasteiger partial charge in [-0.15, -0.1) is 0 Å². The minimum absolute atomic E-state index is 0.0111. The highest BCUT2D eigenvalue weighted by atomic mass is 16.4. The first-order valence-corrected chi connectivity index (χ1v) is 13.2. The Morgan fingerprint density at radius 1 is 0.725 bits per heavy atom. The molecule has 0 spiro atoms. The Bertz CT molecular complexity index is 1140. The molecule has 4 atom stereocenters. The molecule has 0 saturated carbocycles. The molecule has 0 aliphatic rings. The third kappa shape index (κ3) is 11.2. The molecule has 4 amide bonds. The van der Waals surface area contributed by atoms with Gasteiger partial charge in [0.1, 0.15) is 18.1 Å². The van der Waals surface area contributed by atoms with Crippen molar-refractivity contribution < 1.29 is 29.1 Å². The molecule has 2 aromatic carbocycles. The van der Waals surface area contributed by atoms with E-state index in [1.807, 2.05) is 19.9 Å². The van der Waals surface area contributed by atoms with Gasteiger partial charge in [0.25, 0.3) is 0 Å². The number of nitrogens with one attached hydrogen (secondary N) is 3. The number of hydrogen-bond donors (Lipinski definition) is 6. The molecule has 216 valence electrons. The summed E-state index contributed by atoms with van der Waals surface area (Å²) >= 11 is 0. The average molecular weight is 554 g/mol. The topological polar surface area (TPSA) is 194 Å². The van der Waals surface area contributed by atoms with Crippen molar-refractivity contribution in [3.8, 4) is 0 Å². The first kappa shape index (κ1) is 32.0. The second-order valence-electron chi connectivity index (χ2n) is 10.1. The van der Waals surface area contributed by atoms with Crippen molar-refractivity contribution in [2.75, 3.05) is 0 Å². The summed E-state index contributed by atoms with van der Waals surface area (Å²) in [5.74, 6) is -3.74. The number of carbonyl (C=O) groups is 5. The van der Waals surface area contributed by atoms with Crippen LogP contribution in [0.15, 0.2) is 60.7 Å². The van der Waals surface area contributed by atoms with Crippen LogP contribution in [-0.4, -0.2) is 58.9 Å². The van der Waals surface area contributed by atoms with Crippen molar-refractivity contribution in [1.82, 2.24) is 16.0 Å². The molecule has 40 heavy (non-hydrogen) atoms. The van der Waals surface area contributed by atoms with Gasteiger partial charge in [-0.3, -0.25) is 19.2 Å². The molecule has 0 aliphatic carbocycles. The molecule has 4 unspecified atom stereocenters. The molecule has 0 aliphatic heterocycles. The molecule has 0 bridgehead atoms.